The molecule has 0 radical (unpaired) electrons. The van der Waals surface area contributed by atoms with Gasteiger partial charge in [0.2, 0.25) is 0 Å². The summed E-state index contributed by atoms with van der Waals surface area (Å²) >= 11 is 0. The number of hydrogen-bond acceptors (Lipinski definition) is 5. The molecule has 1 aromatic carbocycles. The van der Waals surface area contributed by atoms with Crippen LogP contribution < -0.4 is 0 Å². The fourth-order valence-electron chi connectivity index (χ4n) is 4.19. The van der Waals surface area contributed by atoms with Gasteiger partial charge in [-0.1, -0.05) is 31.2 Å². The van der Waals surface area contributed by atoms with E-state index in [0.29, 0.717) is 11.5 Å². The molecule has 35 heavy (non-hydrogen) atoms. The summed E-state index contributed by atoms with van der Waals surface area (Å²) in [6.45, 7) is 3.54. The molecule has 1 saturated carbocycles. The van der Waals surface area contributed by atoms with Crippen molar-refractivity contribution in [3.05, 3.63) is 59.9 Å². The molecule has 3 heterocycles. The summed E-state index contributed by atoms with van der Waals surface area (Å²) in [5.41, 5.74) is 2.20. The number of aromatic nitrogens is 4. The van der Waals surface area contributed by atoms with Gasteiger partial charge >= 0.3 is 6.18 Å². The monoisotopic (exact) mass is 500 g/mol. The van der Waals surface area contributed by atoms with Gasteiger partial charge in [0.25, 0.3) is 0 Å². The summed E-state index contributed by atoms with van der Waals surface area (Å²) in [6.07, 6.45) is 0.114. The van der Waals surface area contributed by atoms with Crippen molar-refractivity contribution in [2.45, 2.75) is 50.2 Å². The van der Waals surface area contributed by atoms with Crippen LogP contribution in [0.4, 0.5) is 13.2 Å². The highest BCUT2D eigenvalue weighted by atomic mass is 32.2. The van der Waals surface area contributed by atoms with E-state index >= 15 is 0 Å². The number of pyridine rings is 2. The minimum atomic E-state index is -4.56. The molecule has 1 aliphatic rings. The molecule has 0 bridgehead atoms. The van der Waals surface area contributed by atoms with Gasteiger partial charge in [0.05, 0.1) is 21.7 Å². The van der Waals surface area contributed by atoms with Gasteiger partial charge in [-0.3, -0.25) is 4.98 Å². The van der Waals surface area contributed by atoms with Crippen molar-refractivity contribution in [3.63, 3.8) is 0 Å². The average Bonchev–Trinajstić information content (AvgIpc) is 3.63. The fourth-order valence-corrected chi connectivity index (χ4v) is 5.24. The van der Waals surface area contributed by atoms with E-state index in [1.807, 2.05) is 12.1 Å². The lowest BCUT2D eigenvalue weighted by atomic mass is 10.0. The largest absolute Gasteiger partial charge is 0.417 e. The van der Waals surface area contributed by atoms with Crippen LogP contribution in [0.25, 0.3) is 33.8 Å². The maximum Gasteiger partial charge on any atom is 0.417 e. The van der Waals surface area contributed by atoms with E-state index in [1.165, 1.54) is 29.9 Å². The number of hydrogen-bond donors (Lipinski definition) is 0. The van der Waals surface area contributed by atoms with E-state index < -0.39 is 21.6 Å². The summed E-state index contributed by atoms with van der Waals surface area (Å²) in [5, 5.41) is 0. The highest BCUT2D eigenvalue weighted by Gasteiger charge is 2.32. The predicted octanol–water partition coefficient (Wildman–Crippen LogP) is 5.87. The number of rotatable bonds is 6. The van der Waals surface area contributed by atoms with Crippen molar-refractivity contribution in [2.75, 3.05) is 5.75 Å². The average molecular weight is 501 g/mol. The van der Waals surface area contributed by atoms with E-state index in [9.17, 15) is 21.6 Å². The Labute approximate surface area is 200 Å². The first-order valence-corrected chi connectivity index (χ1v) is 13.0. The molecule has 0 aliphatic heterocycles. The molecule has 10 heteroatoms. The first-order valence-electron chi connectivity index (χ1n) is 11.4. The van der Waals surface area contributed by atoms with Crippen molar-refractivity contribution < 1.29 is 21.6 Å². The number of sulfone groups is 1. The number of alkyl halides is 3. The minimum absolute atomic E-state index is 0.00943. The smallest absolute Gasteiger partial charge is 0.322 e. The lowest BCUT2D eigenvalue weighted by Gasteiger charge is -2.13. The molecular formula is C25H23F3N4O2S. The molecular weight excluding hydrogens is 477 g/mol. The fraction of sp³-hybridized carbons (Fsp3) is 0.320. The number of fused-ring (bicyclic) bond motifs is 1. The van der Waals surface area contributed by atoms with Crippen LogP contribution in [0.15, 0.2) is 53.7 Å². The predicted molar refractivity (Wildman–Crippen MR) is 127 cm³/mol. The molecule has 3 aromatic heterocycles. The summed E-state index contributed by atoms with van der Waals surface area (Å²) in [5.74, 6) is 0.611. The molecule has 0 amide bonds. The van der Waals surface area contributed by atoms with E-state index in [4.69, 9.17) is 0 Å². The van der Waals surface area contributed by atoms with Crippen LogP contribution >= 0.6 is 0 Å². The Bertz CT molecular complexity index is 1520. The Hall–Kier alpha value is -3.27. The SMILES string of the molecule is CCn1c(-c2ncc(-c3ccc(C4CC4)cc3)cc2S(=O)(=O)CC)nc2ncc(C(F)(F)F)cc21. The van der Waals surface area contributed by atoms with Gasteiger partial charge in [0, 0.05) is 24.5 Å². The van der Waals surface area contributed by atoms with Crippen LogP contribution in [0.3, 0.4) is 0 Å². The van der Waals surface area contributed by atoms with Gasteiger partial charge in [0.1, 0.15) is 5.69 Å². The molecule has 182 valence electrons. The number of imidazole rings is 1. The summed E-state index contributed by atoms with van der Waals surface area (Å²) in [6, 6.07) is 10.6. The standard InChI is InChI=1S/C25H23F3N4O2S/c1-3-32-20-12-19(25(26,27)28)14-30-23(20)31-24(32)22-21(35(33,34)4-2)11-18(13-29-22)17-9-7-16(8-10-17)15-5-6-15/h7-15H,3-6H2,1-2H3. The second-order valence-corrected chi connectivity index (χ2v) is 10.9. The van der Waals surface area contributed by atoms with Crippen molar-refractivity contribution in [2.24, 2.45) is 0 Å². The normalized spacial score (nSPS) is 14.5. The lowest BCUT2D eigenvalue weighted by molar-refractivity contribution is -0.137. The third-order valence-electron chi connectivity index (χ3n) is 6.32. The third-order valence-corrected chi connectivity index (χ3v) is 8.06. The van der Waals surface area contributed by atoms with Crippen molar-refractivity contribution >= 4 is 21.0 Å². The number of benzene rings is 1. The Balaban J connectivity index is 1.67. The van der Waals surface area contributed by atoms with Crippen molar-refractivity contribution in [3.8, 4) is 22.6 Å². The Morgan fingerprint density at radius 3 is 2.31 bits per heavy atom. The second-order valence-electron chi connectivity index (χ2n) is 8.61. The van der Waals surface area contributed by atoms with Gasteiger partial charge in [-0.05, 0) is 48.9 Å². The first-order chi connectivity index (χ1) is 16.6. The Kier molecular flexibility index (Phi) is 5.66. The van der Waals surface area contributed by atoms with Crippen LogP contribution in [0.2, 0.25) is 0 Å². The van der Waals surface area contributed by atoms with Gasteiger partial charge < -0.3 is 4.57 Å². The minimum Gasteiger partial charge on any atom is -0.322 e. The number of nitrogens with zero attached hydrogens (tertiary/aromatic N) is 4. The molecule has 6 nitrogen and oxygen atoms in total. The topological polar surface area (TPSA) is 77.7 Å². The summed E-state index contributed by atoms with van der Waals surface area (Å²) < 4.78 is 67.5. The Morgan fingerprint density at radius 2 is 1.71 bits per heavy atom. The number of halogens is 3. The van der Waals surface area contributed by atoms with E-state index in [0.717, 1.165) is 17.8 Å². The van der Waals surface area contributed by atoms with Crippen LogP contribution in [0.5, 0.6) is 0 Å². The van der Waals surface area contributed by atoms with Gasteiger partial charge in [-0.25, -0.2) is 18.4 Å². The first kappa shape index (κ1) is 23.5. The summed E-state index contributed by atoms with van der Waals surface area (Å²) in [7, 11) is -3.73. The van der Waals surface area contributed by atoms with Gasteiger partial charge in [-0.2, -0.15) is 13.2 Å². The molecule has 0 saturated heterocycles. The van der Waals surface area contributed by atoms with Crippen LogP contribution in [-0.2, 0) is 22.6 Å². The zero-order chi connectivity index (χ0) is 25.0. The highest BCUT2D eigenvalue weighted by Crippen LogP contribution is 2.41. The molecule has 0 unspecified atom stereocenters. The molecule has 0 spiro atoms. The molecule has 1 fully saturated rings. The van der Waals surface area contributed by atoms with E-state index in [2.05, 4.69) is 27.1 Å². The zero-order valence-electron chi connectivity index (χ0n) is 19.2. The quantitative estimate of drug-likeness (QED) is 0.331. The second kappa shape index (κ2) is 8.44. The van der Waals surface area contributed by atoms with Crippen molar-refractivity contribution in [1.29, 1.82) is 0 Å². The van der Waals surface area contributed by atoms with Crippen molar-refractivity contribution in [1.82, 2.24) is 19.5 Å². The van der Waals surface area contributed by atoms with Crippen LogP contribution in [0.1, 0.15) is 43.7 Å². The number of aryl methyl sites for hydroxylation is 1. The Morgan fingerprint density at radius 1 is 1.00 bits per heavy atom. The maximum absolute atomic E-state index is 13.3. The molecule has 1 aliphatic carbocycles. The molecule has 0 N–H and O–H groups in total. The molecule has 4 aromatic rings. The maximum atomic E-state index is 13.3. The van der Waals surface area contributed by atoms with E-state index in [-0.39, 0.29) is 39.9 Å². The van der Waals surface area contributed by atoms with Crippen LogP contribution in [0, 0.1) is 0 Å². The molecule has 5 rings (SSSR count). The van der Waals surface area contributed by atoms with Gasteiger partial charge in [-0.15, -0.1) is 0 Å². The zero-order valence-corrected chi connectivity index (χ0v) is 20.0. The van der Waals surface area contributed by atoms with E-state index in [1.54, 1.807) is 19.2 Å². The van der Waals surface area contributed by atoms with Gasteiger partial charge in [0.15, 0.2) is 21.3 Å². The van der Waals surface area contributed by atoms with Crippen LogP contribution in [-0.4, -0.2) is 33.7 Å². The summed E-state index contributed by atoms with van der Waals surface area (Å²) in [4.78, 5) is 12.7. The lowest BCUT2D eigenvalue weighted by Crippen LogP contribution is -2.10. The highest BCUT2D eigenvalue weighted by molar-refractivity contribution is 7.91. The third kappa shape index (κ3) is 4.31. The molecule has 0 atom stereocenters.